The number of rotatable bonds is 3. The van der Waals surface area contributed by atoms with Crippen LogP contribution >= 0.6 is 15.9 Å². The van der Waals surface area contributed by atoms with Crippen molar-refractivity contribution < 1.29 is 18.4 Å². The summed E-state index contributed by atoms with van der Waals surface area (Å²) >= 11 is 3.18. The lowest BCUT2D eigenvalue weighted by atomic mass is 10.2. The van der Waals surface area contributed by atoms with E-state index in [1.165, 1.54) is 12.1 Å². The van der Waals surface area contributed by atoms with Crippen LogP contribution in [0.25, 0.3) is 0 Å². The Morgan fingerprint density at radius 2 is 2.21 bits per heavy atom. The van der Waals surface area contributed by atoms with Gasteiger partial charge in [-0.15, -0.1) is 0 Å². The van der Waals surface area contributed by atoms with E-state index in [9.17, 15) is 9.18 Å². The van der Waals surface area contributed by atoms with Crippen LogP contribution in [0.15, 0.2) is 27.2 Å². The van der Waals surface area contributed by atoms with Gasteiger partial charge in [-0.1, -0.05) is 5.16 Å². The third-order valence-electron chi connectivity index (χ3n) is 2.68. The molecule has 19 heavy (non-hydrogen) atoms. The fraction of sp³-hybridized carbons (Fsp3) is 0.231. The van der Waals surface area contributed by atoms with Crippen molar-refractivity contribution in [2.75, 3.05) is 0 Å². The Kier molecular flexibility index (Phi) is 3.99. The first-order chi connectivity index (χ1) is 8.99. The van der Waals surface area contributed by atoms with Gasteiger partial charge in [-0.05, 0) is 48.0 Å². The van der Waals surface area contributed by atoms with E-state index >= 15 is 0 Å². The zero-order chi connectivity index (χ0) is 14.0. The van der Waals surface area contributed by atoms with Crippen LogP contribution in [0.2, 0.25) is 0 Å². The Bertz CT molecular complexity index is 605. The maximum absolute atomic E-state index is 13.1. The van der Waals surface area contributed by atoms with Crippen molar-refractivity contribution in [2.24, 2.45) is 0 Å². The van der Waals surface area contributed by atoms with E-state index in [1.807, 2.05) is 0 Å². The normalized spacial score (nSPS) is 10.5. The number of aromatic nitrogens is 1. The second kappa shape index (κ2) is 5.52. The molecule has 2 rings (SSSR count). The first kappa shape index (κ1) is 13.7. The minimum absolute atomic E-state index is 0.0446. The number of hydrogen-bond donors (Lipinski definition) is 0. The molecule has 4 nitrogen and oxygen atoms in total. The number of halogens is 2. The molecule has 0 unspecified atom stereocenters. The summed E-state index contributed by atoms with van der Waals surface area (Å²) < 4.78 is 23.7. The average Bonchev–Trinajstić information content (AvgIpc) is 2.69. The van der Waals surface area contributed by atoms with Crippen LogP contribution in [-0.4, -0.2) is 11.1 Å². The summed E-state index contributed by atoms with van der Waals surface area (Å²) in [5.41, 5.74) is 1.54. The molecule has 0 saturated carbocycles. The highest BCUT2D eigenvalue weighted by molar-refractivity contribution is 9.10. The number of esters is 1. The number of hydrogen-bond acceptors (Lipinski definition) is 4. The van der Waals surface area contributed by atoms with Gasteiger partial charge >= 0.3 is 5.97 Å². The first-order valence-electron chi connectivity index (χ1n) is 5.53. The molecule has 0 amide bonds. The summed E-state index contributed by atoms with van der Waals surface area (Å²) in [6.07, 6.45) is 0. The largest absolute Gasteiger partial charge is 0.457 e. The van der Waals surface area contributed by atoms with Gasteiger partial charge in [0.25, 0.3) is 0 Å². The molecule has 2 aromatic rings. The maximum atomic E-state index is 13.1. The lowest BCUT2D eigenvalue weighted by molar-refractivity contribution is 0.0469. The van der Waals surface area contributed by atoms with E-state index < -0.39 is 11.8 Å². The van der Waals surface area contributed by atoms with Crippen molar-refractivity contribution in [1.82, 2.24) is 5.16 Å². The SMILES string of the molecule is Cc1noc(C)c1COC(=O)c1cc(F)ccc1Br. The summed E-state index contributed by atoms with van der Waals surface area (Å²) in [6, 6.07) is 3.84. The van der Waals surface area contributed by atoms with E-state index in [0.29, 0.717) is 15.9 Å². The molecule has 0 N–H and O–H groups in total. The fourth-order valence-electron chi connectivity index (χ4n) is 1.58. The van der Waals surface area contributed by atoms with Gasteiger partial charge in [-0.2, -0.15) is 0 Å². The van der Waals surface area contributed by atoms with Crippen molar-refractivity contribution in [3.05, 3.63) is 51.1 Å². The van der Waals surface area contributed by atoms with Crippen molar-refractivity contribution in [2.45, 2.75) is 20.5 Å². The molecule has 100 valence electrons. The van der Waals surface area contributed by atoms with Crippen LogP contribution in [0.3, 0.4) is 0 Å². The molecule has 0 aliphatic rings. The third-order valence-corrected chi connectivity index (χ3v) is 3.37. The van der Waals surface area contributed by atoms with Crippen molar-refractivity contribution in [3.63, 3.8) is 0 Å². The molecule has 0 saturated heterocycles. The van der Waals surface area contributed by atoms with Crippen LogP contribution in [0, 0.1) is 19.7 Å². The molecule has 0 spiro atoms. The second-order valence-electron chi connectivity index (χ2n) is 4.00. The van der Waals surface area contributed by atoms with Crippen LogP contribution in [0.5, 0.6) is 0 Å². The van der Waals surface area contributed by atoms with Gasteiger partial charge in [0.15, 0.2) is 0 Å². The number of carbonyl (C=O) groups excluding carboxylic acids is 1. The monoisotopic (exact) mass is 327 g/mol. The zero-order valence-electron chi connectivity index (χ0n) is 10.4. The Hall–Kier alpha value is -1.69. The third kappa shape index (κ3) is 3.01. The van der Waals surface area contributed by atoms with E-state index in [-0.39, 0.29) is 12.2 Å². The van der Waals surface area contributed by atoms with Crippen molar-refractivity contribution >= 4 is 21.9 Å². The fourth-order valence-corrected chi connectivity index (χ4v) is 1.99. The summed E-state index contributed by atoms with van der Waals surface area (Å²) in [6.45, 7) is 3.54. The van der Waals surface area contributed by atoms with Crippen LogP contribution in [0.1, 0.15) is 27.4 Å². The summed E-state index contributed by atoms with van der Waals surface area (Å²) in [4.78, 5) is 11.9. The van der Waals surface area contributed by atoms with Crippen molar-refractivity contribution in [3.8, 4) is 0 Å². The predicted octanol–water partition coefficient (Wildman–Crippen LogP) is 3.55. The van der Waals surface area contributed by atoms with Gasteiger partial charge in [-0.25, -0.2) is 9.18 Å². The Morgan fingerprint density at radius 3 is 2.84 bits per heavy atom. The molecule has 6 heteroatoms. The average molecular weight is 328 g/mol. The highest BCUT2D eigenvalue weighted by atomic mass is 79.9. The molecule has 0 atom stereocenters. The molecule has 0 fully saturated rings. The van der Waals surface area contributed by atoms with E-state index in [4.69, 9.17) is 9.26 Å². The topological polar surface area (TPSA) is 52.3 Å². The number of nitrogens with zero attached hydrogens (tertiary/aromatic N) is 1. The minimum Gasteiger partial charge on any atom is -0.457 e. The zero-order valence-corrected chi connectivity index (χ0v) is 12.0. The molecule has 0 aliphatic carbocycles. The first-order valence-corrected chi connectivity index (χ1v) is 6.32. The van der Waals surface area contributed by atoms with Gasteiger partial charge in [0.05, 0.1) is 16.8 Å². The predicted molar refractivity (Wildman–Crippen MR) is 69.2 cm³/mol. The van der Waals surface area contributed by atoms with Gasteiger partial charge in [0, 0.05) is 4.47 Å². The van der Waals surface area contributed by atoms with Crippen LogP contribution in [0.4, 0.5) is 4.39 Å². The lowest BCUT2D eigenvalue weighted by Crippen LogP contribution is -2.07. The lowest BCUT2D eigenvalue weighted by Gasteiger charge is -2.06. The molecule has 1 aromatic carbocycles. The highest BCUT2D eigenvalue weighted by Crippen LogP contribution is 2.20. The molecule has 1 aromatic heterocycles. The van der Waals surface area contributed by atoms with Gasteiger partial charge in [-0.3, -0.25) is 0 Å². The number of benzene rings is 1. The Morgan fingerprint density at radius 1 is 1.47 bits per heavy atom. The summed E-state index contributed by atoms with van der Waals surface area (Å²) in [5, 5.41) is 3.76. The second-order valence-corrected chi connectivity index (χ2v) is 4.86. The van der Waals surface area contributed by atoms with Gasteiger partial charge < -0.3 is 9.26 Å². The molecule has 0 radical (unpaired) electrons. The Balaban J connectivity index is 2.12. The smallest absolute Gasteiger partial charge is 0.339 e. The molecule has 1 heterocycles. The van der Waals surface area contributed by atoms with Gasteiger partial charge in [0.2, 0.25) is 0 Å². The van der Waals surface area contributed by atoms with Gasteiger partial charge in [0.1, 0.15) is 18.2 Å². The number of ether oxygens (including phenoxy) is 1. The maximum Gasteiger partial charge on any atom is 0.339 e. The van der Waals surface area contributed by atoms with Crippen LogP contribution in [-0.2, 0) is 11.3 Å². The summed E-state index contributed by atoms with van der Waals surface area (Å²) in [5.74, 6) is -0.498. The highest BCUT2D eigenvalue weighted by Gasteiger charge is 2.15. The number of aryl methyl sites for hydroxylation is 2. The summed E-state index contributed by atoms with van der Waals surface area (Å²) in [7, 11) is 0. The molecule has 0 aliphatic heterocycles. The van der Waals surface area contributed by atoms with E-state index in [1.54, 1.807) is 13.8 Å². The standard InChI is InChI=1S/C13H11BrFNO3/c1-7-11(8(2)19-16-7)6-18-13(17)10-5-9(15)3-4-12(10)14/h3-5H,6H2,1-2H3. The Labute approximate surface area is 117 Å². The molecule has 0 bridgehead atoms. The molecular formula is C13H11BrFNO3. The molecular weight excluding hydrogens is 317 g/mol. The quantitative estimate of drug-likeness (QED) is 0.809. The minimum atomic E-state index is -0.605. The van der Waals surface area contributed by atoms with E-state index in [2.05, 4.69) is 21.1 Å². The number of carbonyl (C=O) groups is 1. The van der Waals surface area contributed by atoms with E-state index in [0.717, 1.165) is 11.6 Å². The van der Waals surface area contributed by atoms with Crippen LogP contribution < -0.4 is 0 Å². The van der Waals surface area contributed by atoms with Crippen molar-refractivity contribution in [1.29, 1.82) is 0 Å².